The molecule has 0 aromatic carbocycles. The average Bonchev–Trinajstić information content (AvgIpc) is 3.43. The second kappa shape index (κ2) is 49.5. The van der Waals surface area contributed by atoms with Gasteiger partial charge >= 0.3 is 5.97 Å². The average molecular weight is 1090 g/mol. The van der Waals surface area contributed by atoms with Crippen LogP contribution < -0.4 is 0 Å². The molecule has 2 saturated heterocycles. The van der Waals surface area contributed by atoms with E-state index in [0.29, 0.717) is 13.0 Å². The third-order valence-corrected chi connectivity index (χ3v) is 14.5. The second-order valence-corrected chi connectivity index (χ2v) is 21.5. The Kier molecular flexibility index (Phi) is 45.5. The van der Waals surface area contributed by atoms with E-state index in [-0.39, 0.29) is 25.6 Å². The Morgan fingerprint density at radius 1 is 0.442 bits per heavy atom. The lowest BCUT2D eigenvalue weighted by molar-refractivity contribution is -0.332. The van der Waals surface area contributed by atoms with Gasteiger partial charge in [0, 0.05) is 13.0 Å². The van der Waals surface area contributed by atoms with E-state index in [1.165, 1.54) is 128 Å². The van der Waals surface area contributed by atoms with Crippen LogP contribution in [0.25, 0.3) is 0 Å². The smallest absolute Gasteiger partial charge is 0.306 e. The van der Waals surface area contributed by atoms with Crippen molar-refractivity contribution in [3.05, 3.63) is 60.8 Å². The highest BCUT2D eigenvalue weighted by molar-refractivity contribution is 5.69. The Morgan fingerprint density at radius 3 is 1.32 bits per heavy atom. The van der Waals surface area contributed by atoms with Gasteiger partial charge in [-0.2, -0.15) is 0 Å². The maximum atomic E-state index is 13.1. The first-order valence-electron chi connectivity index (χ1n) is 30.9. The van der Waals surface area contributed by atoms with Crippen molar-refractivity contribution in [2.45, 2.75) is 300 Å². The Labute approximate surface area is 466 Å². The van der Waals surface area contributed by atoms with Crippen molar-refractivity contribution in [3.8, 4) is 0 Å². The highest BCUT2D eigenvalue weighted by atomic mass is 16.7. The van der Waals surface area contributed by atoms with E-state index >= 15 is 0 Å². The van der Waals surface area contributed by atoms with Gasteiger partial charge in [0.15, 0.2) is 12.6 Å². The van der Waals surface area contributed by atoms with Crippen LogP contribution in [-0.4, -0.2) is 142 Å². The maximum Gasteiger partial charge on any atom is 0.306 e. The van der Waals surface area contributed by atoms with Gasteiger partial charge in [-0.15, -0.1) is 0 Å². The van der Waals surface area contributed by atoms with Crippen LogP contribution in [0.4, 0.5) is 0 Å². The molecule has 7 N–H and O–H groups in total. The minimum atomic E-state index is -1.71. The number of unbranched alkanes of at least 4 members (excludes halogenated alkanes) is 26. The van der Waals surface area contributed by atoms with Crippen LogP contribution in [0.15, 0.2) is 60.8 Å². The first-order chi connectivity index (χ1) is 37.6. The summed E-state index contributed by atoms with van der Waals surface area (Å²) in [6.07, 6.45) is 45.6. The molecule has 0 bridgehead atoms. The maximum absolute atomic E-state index is 13.1. The molecule has 0 aromatic heterocycles. The Bertz CT molecular complexity index is 1500. The van der Waals surface area contributed by atoms with Crippen LogP contribution in [0.5, 0.6) is 0 Å². The summed E-state index contributed by atoms with van der Waals surface area (Å²) in [4.78, 5) is 13.1. The van der Waals surface area contributed by atoms with Crippen LogP contribution in [-0.2, 0) is 33.2 Å². The quantitative estimate of drug-likeness (QED) is 0.0172. The number of allylic oxidation sites excluding steroid dienone is 10. The molecule has 14 nitrogen and oxygen atoms in total. The van der Waals surface area contributed by atoms with E-state index in [0.717, 1.165) is 77.0 Å². The van der Waals surface area contributed by atoms with Crippen LogP contribution in [0, 0.1) is 0 Å². The number of aliphatic hydroxyl groups excluding tert-OH is 7. The van der Waals surface area contributed by atoms with E-state index in [9.17, 15) is 40.5 Å². The summed E-state index contributed by atoms with van der Waals surface area (Å²) in [5.41, 5.74) is 0. The van der Waals surface area contributed by atoms with Crippen LogP contribution in [0.2, 0.25) is 0 Å². The molecule has 11 unspecified atom stereocenters. The van der Waals surface area contributed by atoms with Gasteiger partial charge in [-0.1, -0.05) is 229 Å². The molecule has 0 spiro atoms. The predicted molar refractivity (Wildman–Crippen MR) is 307 cm³/mol. The molecular weight excluding hydrogens is 981 g/mol. The zero-order valence-electron chi connectivity index (χ0n) is 48.2. The Hall–Kier alpha value is -2.31. The van der Waals surface area contributed by atoms with Crippen LogP contribution in [0.1, 0.15) is 232 Å². The highest BCUT2D eigenvalue weighted by Crippen LogP contribution is 2.27. The van der Waals surface area contributed by atoms with E-state index in [1.54, 1.807) is 0 Å². The van der Waals surface area contributed by atoms with Crippen LogP contribution >= 0.6 is 0 Å². The molecule has 0 amide bonds. The Morgan fingerprint density at radius 2 is 0.844 bits per heavy atom. The zero-order chi connectivity index (χ0) is 55.8. The Balaban J connectivity index is 1.69. The number of esters is 1. The van der Waals surface area contributed by atoms with Crippen molar-refractivity contribution in [2.75, 3.05) is 33.0 Å². The lowest BCUT2D eigenvalue weighted by Crippen LogP contribution is -2.61. The molecule has 0 aliphatic carbocycles. The summed E-state index contributed by atoms with van der Waals surface area (Å²) in [5.74, 6) is -0.376. The lowest BCUT2D eigenvalue weighted by Gasteiger charge is -2.42. The lowest BCUT2D eigenvalue weighted by atomic mass is 9.98. The number of carbonyl (C=O) groups is 1. The zero-order valence-corrected chi connectivity index (χ0v) is 48.2. The van der Waals surface area contributed by atoms with Gasteiger partial charge in [0.25, 0.3) is 0 Å². The molecule has 2 fully saturated rings. The van der Waals surface area contributed by atoms with E-state index in [4.69, 9.17) is 28.4 Å². The van der Waals surface area contributed by atoms with Crippen molar-refractivity contribution in [1.29, 1.82) is 0 Å². The highest BCUT2D eigenvalue weighted by Gasteiger charge is 2.47. The molecule has 77 heavy (non-hydrogen) atoms. The summed E-state index contributed by atoms with van der Waals surface area (Å²) in [6, 6.07) is 0. The number of hydrogen-bond donors (Lipinski definition) is 7. The molecule has 2 heterocycles. The summed E-state index contributed by atoms with van der Waals surface area (Å²) in [5, 5.41) is 72.4. The first-order valence-corrected chi connectivity index (χ1v) is 30.9. The molecule has 2 aliphatic rings. The van der Waals surface area contributed by atoms with Gasteiger partial charge in [0.1, 0.15) is 54.9 Å². The minimum absolute atomic E-state index is 0.0560. The largest absolute Gasteiger partial charge is 0.457 e. The fourth-order valence-corrected chi connectivity index (χ4v) is 9.61. The summed E-state index contributed by atoms with van der Waals surface area (Å²) in [6.45, 7) is 3.59. The number of aliphatic hydroxyl groups is 7. The third kappa shape index (κ3) is 35.9. The van der Waals surface area contributed by atoms with E-state index < -0.39 is 80.7 Å². The van der Waals surface area contributed by atoms with Gasteiger partial charge in [0.05, 0.1) is 26.4 Å². The van der Waals surface area contributed by atoms with Gasteiger partial charge in [-0.3, -0.25) is 4.79 Å². The molecule has 2 aliphatic heterocycles. The molecule has 0 saturated carbocycles. The molecule has 0 radical (unpaired) electrons. The monoisotopic (exact) mass is 1090 g/mol. The predicted octanol–water partition coefficient (Wildman–Crippen LogP) is 11.6. The van der Waals surface area contributed by atoms with Crippen molar-refractivity contribution in [3.63, 3.8) is 0 Å². The van der Waals surface area contributed by atoms with Gasteiger partial charge in [-0.25, -0.2) is 0 Å². The normalized spacial score (nSPS) is 24.7. The molecule has 11 atom stereocenters. The number of carbonyl (C=O) groups excluding carboxylic acids is 1. The first kappa shape index (κ1) is 70.8. The van der Waals surface area contributed by atoms with Crippen molar-refractivity contribution in [1.82, 2.24) is 0 Å². The van der Waals surface area contributed by atoms with Crippen molar-refractivity contribution < 1.29 is 69.0 Å². The van der Waals surface area contributed by atoms with Crippen molar-refractivity contribution >= 4 is 5.97 Å². The second-order valence-electron chi connectivity index (χ2n) is 21.5. The van der Waals surface area contributed by atoms with Gasteiger partial charge in [-0.05, 0) is 57.8 Å². The summed E-state index contributed by atoms with van der Waals surface area (Å²) < 4.78 is 34.5. The minimum Gasteiger partial charge on any atom is -0.457 e. The molecule has 0 aromatic rings. The SMILES string of the molecule is CC/C=C\C/C=C\C/C=C\C/C=C\C/C=C\CCCCCCCCCCOCC(COC1OC(COC2OC(CO)C(O)C(O)C2O)C(O)C(O)C1O)OC(=O)CCCCCCCCCCCCCCCCCCCCC. The molecule has 448 valence electrons. The third-order valence-electron chi connectivity index (χ3n) is 14.5. The van der Waals surface area contributed by atoms with E-state index in [1.807, 2.05) is 0 Å². The summed E-state index contributed by atoms with van der Waals surface area (Å²) in [7, 11) is 0. The fraction of sp³-hybridized carbons (Fsp3) is 0.825. The molecular formula is C63H112O14. The standard InChI is InChI=1S/C63H112O14/c1-3-5-7-9-11-13-15-17-19-21-23-24-25-26-27-29-31-33-35-37-39-41-43-45-47-72-49-52(75-55(65)46-44-42-40-38-36-34-32-30-28-22-20-18-16-14-12-10-8-6-4-2)50-73-62-61(71)59(69)57(67)54(77-62)51-74-63-60(70)58(68)56(66)53(48-64)76-63/h5,7,11,13,17,19,23-24,26-27,52-54,56-64,66-71H,3-4,6,8-10,12,14-16,18,20-22,25,28-51H2,1-2H3/b7-5-,13-11-,19-17-,24-23-,27-26-. The van der Waals surface area contributed by atoms with Crippen LogP contribution in [0.3, 0.4) is 0 Å². The number of ether oxygens (including phenoxy) is 6. The molecule has 2 rings (SSSR count). The fourth-order valence-electron chi connectivity index (χ4n) is 9.61. The topological polar surface area (TPSA) is 214 Å². The number of hydrogen-bond acceptors (Lipinski definition) is 14. The molecule has 14 heteroatoms. The summed E-state index contributed by atoms with van der Waals surface area (Å²) >= 11 is 0. The van der Waals surface area contributed by atoms with Crippen molar-refractivity contribution in [2.24, 2.45) is 0 Å². The van der Waals surface area contributed by atoms with Gasteiger partial charge < -0.3 is 64.2 Å². The van der Waals surface area contributed by atoms with E-state index in [2.05, 4.69) is 74.6 Å². The van der Waals surface area contributed by atoms with Gasteiger partial charge in [0.2, 0.25) is 0 Å². The number of rotatable bonds is 50.